The number of hydrogen-bond acceptors (Lipinski definition) is 7. The van der Waals surface area contributed by atoms with Crippen LogP contribution in [0.5, 0.6) is 0 Å². The van der Waals surface area contributed by atoms with Gasteiger partial charge >= 0.3 is 0 Å². The third kappa shape index (κ3) is 10.7. The molecule has 0 amide bonds. The van der Waals surface area contributed by atoms with E-state index in [1.165, 1.54) is 68.2 Å². The van der Waals surface area contributed by atoms with E-state index in [1.807, 2.05) is 114 Å². The van der Waals surface area contributed by atoms with Gasteiger partial charge in [-0.25, -0.2) is 0 Å². The van der Waals surface area contributed by atoms with Crippen LogP contribution in [-0.4, -0.2) is 0 Å². The van der Waals surface area contributed by atoms with Crippen LogP contribution in [0.4, 0.5) is 22.7 Å². The largest absolute Gasteiger partial charge is 0.456 e. The molecule has 15 aromatic carbocycles. The number of thiophene rings is 2. The van der Waals surface area contributed by atoms with Crippen LogP contribution in [0.15, 0.2) is 347 Å². The first-order valence-electron chi connectivity index (χ1n) is 32.6. The summed E-state index contributed by atoms with van der Waals surface area (Å²) in [6.45, 7) is 0. The van der Waals surface area contributed by atoms with Gasteiger partial charge in [0.15, 0.2) is 0 Å². The number of furan rings is 3. The summed E-state index contributed by atoms with van der Waals surface area (Å²) in [5, 5.41) is 12.9. The van der Waals surface area contributed by atoms with Crippen LogP contribution in [-0.2, 0) is 0 Å². The normalized spacial score (nSPS) is 11.6. The minimum Gasteiger partial charge on any atom is -0.456 e. The second-order valence-corrected chi connectivity index (χ2v) is 27.2. The van der Waals surface area contributed by atoms with Gasteiger partial charge in [0.05, 0.1) is 0 Å². The van der Waals surface area contributed by atoms with Gasteiger partial charge in [-0.1, -0.05) is 224 Å². The van der Waals surface area contributed by atoms with Gasteiger partial charge in [0.2, 0.25) is 0 Å². The predicted octanol–water partition coefficient (Wildman–Crippen LogP) is 27.5. The lowest BCUT2D eigenvalue weighted by Crippen LogP contribution is -2.09. The van der Waals surface area contributed by atoms with E-state index in [9.17, 15) is 0 Å². The standard InChI is InChI=1S/C54H33NO2S.C18H11ClO.C18H13NS/c1-4-14-47-45(10-1)53-41(12-7-16-49(53)56-47)35-21-28-39(29-22-35)55(38-26-19-34(20-27-38)37-25-32-44-43-9-3-6-18-51(43)58-52(44)33-37)40-30-23-36(24-31-40)42-13-8-17-50-54(42)46-11-2-5-15-48(46)57-50;19-13-10-8-12(9-11-13)14-5-3-7-17-18(14)15-4-1-2-6-16(15)20-17;19-14-8-5-12(6-9-14)13-7-10-16-15-3-1-2-4-17(15)20-18(16)11-13/h1-33H;1-11H;1-11H,19H2. The molecule has 0 aliphatic rings. The summed E-state index contributed by atoms with van der Waals surface area (Å²) in [5.41, 5.74) is 27.0. The molecule has 5 aromatic heterocycles. The SMILES string of the molecule is Clc1ccc(-c2cccc3oc4ccccc4c23)cc1.Nc1ccc(-c2ccc3c(c2)sc2ccccc23)cc1.c1ccc2c(c1)oc1cccc(-c3ccc(N(c4ccc(-c5ccc6c(c5)sc5ccccc56)cc4)c4ccc(-c5cccc6oc7ccccc7c56)cc4)cc3)c12. The molecule has 8 heteroatoms. The highest BCUT2D eigenvalue weighted by molar-refractivity contribution is 7.26. The fourth-order valence-electron chi connectivity index (χ4n) is 14.0. The number of nitrogens with zero attached hydrogens (tertiary/aromatic N) is 1. The molecule has 2 N–H and O–H groups in total. The van der Waals surface area contributed by atoms with Crippen molar-refractivity contribution in [3.05, 3.63) is 339 Å². The second kappa shape index (κ2) is 24.7. The van der Waals surface area contributed by atoms with Crippen molar-refractivity contribution in [2.75, 3.05) is 10.6 Å². The highest BCUT2D eigenvalue weighted by Gasteiger charge is 2.19. The van der Waals surface area contributed by atoms with Crippen molar-refractivity contribution in [3.8, 4) is 55.6 Å². The summed E-state index contributed by atoms with van der Waals surface area (Å²) in [6, 6.07) is 117. The third-order valence-corrected chi connectivity index (χ3v) is 21.2. The van der Waals surface area contributed by atoms with Gasteiger partial charge in [-0.15, -0.1) is 22.7 Å². The number of fused-ring (bicyclic) bond motifs is 15. The van der Waals surface area contributed by atoms with Crippen LogP contribution in [0.25, 0.3) is 162 Å². The number of para-hydroxylation sites is 3. The summed E-state index contributed by atoms with van der Waals surface area (Å²) in [6.07, 6.45) is 0. The molecule has 0 unspecified atom stereocenters. The first-order valence-corrected chi connectivity index (χ1v) is 34.7. The van der Waals surface area contributed by atoms with Gasteiger partial charge in [-0.05, 0) is 177 Å². The molecule has 5 heterocycles. The van der Waals surface area contributed by atoms with Gasteiger partial charge < -0.3 is 23.9 Å². The maximum absolute atomic E-state index is 6.24. The van der Waals surface area contributed by atoms with E-state index >= 15 is 0 Å². The number of nitrogen functional groups attached to an aromatic ring is 1. The van der Waals surface area contributed by atoms with Gasteiger partial charge in [0, 0.05) is 100 Å². The first-order chi connectivity index (χ1) is 48.4. The zero-order valence-electron chi connectivity index (χ0n) is 52.7. The summed E-state index contributed by atoms with van der Waals surface area (Å²) < 4.78 is 23.7. The van der Waals surface area contributed by atoms with Crippen molar-refractivity contribution in [2.45, 2.75) is 0 Å². The molecule has 0 bridgehead atoms. The Morgan fingerprint density at radius 2 is 0.541 bits per heavy atom. The molecule has 0 aliphatic heterocycles. The van der Waals surface area contributed by atoms with E-state index < -0.39 is 0 Å². The van der Waals surface area contributed by atoms with Gasteiger partial charge in [0.1, 0.15) is 33.5 Å². The monoisotopic (exact) mass is 1310 g/mol. The minimum atomic E-state index is 0.748. The van der Waals surface area contributed by atoms with Crippen molar-refractivity contribution < 1.29 is 13.3 Å². The van der Waals surface area contributed by atoms with E-state index in [4.69, 9.17) is 30.6 Å². The average Bonchev–Trinajstić information content (AvgIpc) is 1.53. The van der Waals surface area contributed by atoms with E-state index in [2.05, 4.69) is 248 Å². The van der Waals surface area contributed by atoms with E-state index in [-0.39, 0.29) is 0 Å². The van der Waals surface area contributed by atoms with Crippen LogP contribution in [0.1, 0.15) is 0 Å². The van der Waals surface area contributed by atoms with E-state index in [1.54, 1.807) is 0 Å². The Kier molecular flexibility index (Phi) is 14.7. The molecule has 0 fully saturated rings. The molecule has 0 spiro atoms. The third-order valence-electron chi connectivity index (χ3n) is 18.7. The zero-order valence-corrected chi connectivity index (χ0v) is 55.1. The lowest BCUT2D eigenvalue weighted by atomic mass is 9.98. The Morgan fingerprint density at radius 3 is 0.929 bits per heavy atom. The second-order valence-electron chi connectivity index (χ2n) is 24.6. The summed E-state index contributed by atoms with van der Waals surface area (Å²) in [5.74, 6) is 0. The Labute approximate surface area is 577 Å². The number of anilines is 4. The molecule has 464 valence electrons. The molecule has 0 saturated carbocycles. The molecule has 20 rings (SSSR count). The van der Waals surface area contributed by atoms with E-state index in [0.717, 1.165) is 121 Å². The lowest BCUT2D eigenvalue weighted by molar-refractivity contribution is 0.668. The fourth-order valence-corrected chi connectivity index (χ4v) is 16.4. The first kappa shape index (κ1) is 58.6. The lowest BCUT2D eigenvalue weighted by Gasteiger charge is -2.26. The number of benzene rings is 15. The summed E-state index contributed by atoms with van der Waals surface area (Å²) in [7, 11) is 0. The maximum Gasteiger partial charge on any atom is 0.136 e. The Balaban J connectivity index is 0.000000140. The van der Waals surface area contributed by atoms with Crippen molar-refractivity contribution >= 4 is 163 Å². The molecule has 0 aliphatic carbocycles. The molecule has 98 heavy (non-hydrogen) atoms. The summed E-state index contributed by atoms with van der Waals surface area (Å²) >= 11 is 9.68. The minimum absolute atomic E-state index is 0.748. The van der Waals surface area contributed by atoms with Crippen molar-refractivity contribution in [1.29, 1.82) is 0 Å². The maximum atomic E-state index is 6.24. The highest BCUT2D eigenvalue weighted by atomic mass is 35.5. The number of rotatable bonds is 8. The van der Waals surface area contributed by atoms with Crippen LogP contribution >= 0.6 is 34.3 Å². The molecule has 5 nitrogen and oxygen atoms in total. The van der Waals surface area contributed by atoms with Crippen molar-refractivity contribution in [3.63, 3.8) is 0 Å². The fraction of sp³-hybridized carbons (Fsp3) is 0. The van der Waals surface area contributed by atoms with Gasteiger partial charge in [0.25, 0.3) is 0 Å². The Bertz CT molecular complexity index is 6220. The number of hydrogen-bond donors (Lipinski definition) is 1. The Hall–Kier alpha value is -12.0. The number of halogens is 1. The van der Waals surface area contributed by atoms with E-state index in [0.29, 0.717) is 0 Å². The summed E-state index contributed by atoms with van der Waals surface area (Å²) in [4.78, 5) is 2.34. The molecule has 0 saturated heterocycles. The van der Waals surface area contributed by atoms with Gasteiger partial charge in [-0.3, -0.25) is 0 Å². The molecule has 20 aromatic rings. The van der Waals surface area contributed by atoms with Gasteiger partial charge in [-0.2, -0.15) is 0 Å². The van der Waals surface area contributed by atoms with Crippen LogP contribution in [0.3, 0.4) is 0 Å². The highest BCUT2D eigenvalue weighted by Crippen LogP contribution is 2.45. The Morgan fingerprint density at radius 1 is 0.245 bits per heavy atom. The molecule has 0 radical (unpaired) electrons. The van der Waals surface area contributed by atoms with Crippen LogP contribution in [0, 0.1) is 0 Å². The number of nitrogens with two attached hydrogens (primary N) is 1. The van der Waals surface area contributed by atoms with Crippen LogP contribution < -0.4 is 10.6 Å². The molecule has 0 atom stereocenters. The smallest absolute Gasteiger partial charge is 0.136 e. The average molecular weight is 1310 g/mol. The van der Waals surface area contributed by atoms with Crippen LogP contribution in [0.2, 0.25) is 5.02 Å². The molecular formula is C90H57ClN2O3S2. The predicted molar refractivity (Wildman–Crippen MR) is 418 cm³/mol. The topological polar surface area (TPSA) is 68.7 Å². The quantitative estimate of drug-likeness (QED) is 0.154. The van der Waals surface area contributed by atoms with Crippen molar-refractivity contribution in [1.82, 2.24) is 0 Å². The zero-order chi connectivity index (χ0) is 65.2. The molecular weight excluding hydrogens is 1260 g/mol. The van der Waals surface area contributed by atoms with Crippen molar-refractivity contribution in [2.24, 2.45) is 0 Å².